The lowest BCUT2D eigenvalue weighted by molar-refractivity contribution is -0.116. The lowest BCUT2D eigenvalue weighted by atomic mass is 10.2. The quantitative estimate of drug-likeness (QED) is 0.794. The largest absolute Gasteiger partial charge is 0.461 e. The third-order valence-electron chi connectivity index (χ3n) is 1.99. The smallest absolute Gasteiger partial charge is 0.357 e. The zero-order valence-electron chi connectivity index (χ0n) is 9.99. The van der Waals surface area contributed by atoms with Crippen molar-refractivity contribution < 1.29 is 14.3 Å². The molecule has 0 aromatic carbocycles. The van der Waals surface area contributed by atoms with Crippen LogP contribution in [0.4, 0.5) is 5.13 Å². The van der Waals surface area contributed by atoms with Gasteiger partial charge in [-0.15, -0.1) is 11.3 Å². The minimum atomic E-state index is -0.460. The summed E-state index contributed by atoms with van der Waals surface area (Å²) >= 11 is 1.22. The van der Waals surface area contributed by atoms with Crippen LogP contribution >= 0.6 is 11.3 Å². The summed E-state index contributed by atoms with van der Waals surface area (Å²) in [6, 6.07) is 0. The number of carbonyl (C=O) groups is 2. The standard InChI is InChI=1S/C11H16N2O3S/c1-3-5-6-9(14)13-11-12-8(7-17-11)10(15)16-4-2/h7H,3-6H2,1-2H3,(H,12,13,14). The molecule has 1 N–H and O–H groups in total. The van der Waals surface area contributed by atoms with Gasteiger partial charge in [-0.2, -0.15) is 0 Å². The van der Waals surface area contributed by atoms with E-state index in [-0.39, 0.29) is 11.6 Å². The highest BCUT2D eigenvalue weighted by Crippen LogP contribution is 2.16. The van der Waals surface area contributed by atoms with Crippen molar-refractivity contribution in [3.05, 3.63) is 11.1 Å². The fourth-order valence-electron chi connectivity index (χ4n) is 1.15. The number of anilines is 1. The Kier molecular flexibility index (Phi) is 5.62. The van der Waals surface area contributed by atoms with E-state index < -0.39 is 5.97 Å². The second kappa shape index (κ2) is 7.01. The van der Waals surface area contributed by atoms with Crippen LogP contribution in [-0.4, -0.2) is 23.5 Å². The number of hydrogen-bond donors (Lipinski definition) is 1. The van der Waals surface area contributed by atoms with Gasteiger partial charge in [0.15, 0.2) is 10.8 Å². The average Bonchev–Trinajstić information content (AvgIpc) is 2.75. The number of unbranched alkanes of at least 4 members (excludes halogenated alkanes) is 1. The van der Waals surface area contributed by atoms with Crippen molar-refractivity contribution in [3.63, 3.8) is 0 Å². The number of nitrogens with one attached hydrogen (secondary N) is 1. The molecule has 0 spiro atoms. The van der Waals surface area contributed by atoms with Crippen molar-refractivity contribution in [2.24, 2.45) is 0 Å². The van der Waals surface area contributed by atoms with Crippen LogP contribution in [0.3, 0.4) is 0 Å². The molecule has 5 nitrogen and oxygen atoms in total. The van der Waals surface area contributed by atoms with Crippen molar-refractivity contribution >= 4 is 28.3 Å². The molecule has 1 rings (SSSR count). The van der Waals surface area contributed by atoms with E-state index in [1.807, 2.05) is 6.92 Å². The second-order valence-corrected chi connectivity index (χ2v) is 4.27. The third-order valence-corrected chi connectivity index (χ3v) is 2.75. The summed E-state index contributed by atoms with van der Waals surface area (Å²) in [4.78, 5) is 26.7. The Morgan fingerprint density at radius 3 is 2.88 bits per heavy atom. The summed E-state index contributed by atoms with van der Waals surface area (Å²) in [7, 11) is 0. The number of ether oxygens (including phenoxy) is 1. The summed E-state index contributed by atoms with van der Waals surface area (Å²) in [6.07, 6.45) is 2.30. The molecular weight excluding hydrogens is 240 g/mol. The Morgan fingerprint density at radius 2 is 2.24 bits per heavy atom. The van der Waals surface area contributed by atoms with Crippen molar-refractivity contribution in [1.29, 1.82) is 0 Å². The Balaban J connectivity index is 2.50. The number of hydrogen-bond acceptors (Lipinski definition) is 5. The average molecular weight is 256 g/mol. The third kappa shape index (κ3) is 4.52. The minimum Gasteiger partial charge on any atom is -0.461 e. The first kappa shape index (κ1) is 13.6. The summed E-state index contributed by atoms with van der Waals surface area (Å²) in [5, 5.41) is 4.67. The Bertz CT molecular complexity index is 390. The van der Waals surface area contributed by atoms with Gasteiger partial charge in [-0.05, 0) is 13.3 Å². The summed E-state index contributed by atoms with van der Waals surface area (Å²) in [5.74, 6) is -0.533. The molecule has 6 heteroatoms. The number of esters is 1. The normalized spacial score (nSPS) is 10.0. The molecule has 0 unspecified atom stereocenters. The zero-order valence-corrected chi connectivity index (χ0v) is 10.8. The first-order chi connectivity index (χ1) is 8.17. The molecule has 1 heterocycles. The van der Waals surface area contributed by atoms with Gasteiger partial charge in [0, 0.05) is 11.8 Å². The van der Waals surface area contributed by atoms with Gasteiger partial charge in [0.2, 0.25) is 5.91 Å². The van der Waals surface area contributed by atoms with Gasteiger partial charge >= 0.3 is 5.97 Å². The first-order valence-electron chi connectivity index (χ1n) is 5.59. The molecule has 0 atom stereocenters. The van der Waals surface area contributed by atoms with Gasteiger partial charge in [-0.25, -0.2) is 9.78 Å². The van der Waals surface area contributed by atoms with E-state index in [9.17, 15) is 9.59 Å². The van der Waals surface area contributed by atoms with Gasteiger partial charge in [0.25, 0.3) is 0 Å². The van der Waals surface area contributed by atoms with Crippen LogP contribution in [-0.2, 0) is 9.53 Å². The van der Waals surface area contributed by atoms with E-state index in [1.165, 1.54) is 11.3 Å². The van der Waals surface area contributed by atoms with Crippen LogP contribution in [0.2, 0.25) is 0 Å². The van der Waals surface area contributed by atoms with Gasteiger partial charge in [0.1, 0.15) is 0 Å². The van der Waals surface area contributed by atoms with Crippen LogP contribution < -0.4 is 5.32 Å². The predicted octanol–water partition coefficient (Wildman–Crippen LogP) is 2.45. The molecule has 0 aliphatic heterocycles. The van der Waals surface area contributed by atoms with Crippen LogP contribution in [0, 0.1) is 0 Å². The fourth-order valence-corrected chi connectivity index (χ4v) is 1.85. The van der Waals surface area contributed by atoms with Crippen molar-refractivity contribution in [3.8, 4) is 0 Å². The minimum absolute atomic E-state index is 0.0726. The summed E-state index contributed by atoms with van der Waals surface area (Å²) in [5.41, 5.74) is 0.239. The maximum absolute atomic E-state index is 11.4. The number of amides is 1. The highest BCUT2D eigenvalue weighted by atomic mass is 32.1. The number of nitrogens with zero attached hydrogens (tertiary/aromatic N) is 1. The number of thiazole rings is 1. The van der Waals surface area contributed by atoms with Crippen LogP contribution in [0.1, 0.15) is 43.6 Å². The number of rotatable bonds is 6. The maximum Gasteiger partial charge on any atom is 0.357 e. The van der Waals surface area contributed by atoms with E-state index >= 15 is 0 Å². The highest BCUT2D eigenvalue weighted by molar-refractivity contribution is 7.14. The maximum atomic E-state index is 11.4. The Labute approximate surface area is 104 Å². The topological polar surface area (TPSA) is 68.3 Å². The van der Waals surface area contributed by atoms with Crippen LogP contribution in [0.5, 0.6) is 0 Å². The molecule has 1 amide bonds. The van der Waals surface area contributed by atoms with E-state index in [2.05, 4.69) is 10.3 Å². The van der Waals surface area contributed by atoms with Crippen LogP contribution in [0.15, 0.2) is 5.38 Å². The van der Waals surface area contributed by atoms with Crippen molar-refractivity contribution in [2.75, 3.05) is 11.9 Å². The molecule has 0 radical (unpaired) electrons. The van der Waals surface area contributed by atoms with E-state index in [0.29, 0.717) is 18.2 Å². The van der Waals surface area contributed by atoms with Gasteiger partial charge < -0.3 is 10.1 Å². The lowest BCUT2D eigenvalue weighted by Crippen LogP contribution is -2.11. The van der Waals surface area contributed by atoms with E-state index in [4.69, 9.17) is 4.74 Å². The second-order valence-electron chi connectivity index (χ2n) is 3.41. The number of aromatic nitrogens is 1. The Morgan fingerprint density at radius 1 is 1.47 bits per heavy atom. The van der Waals surface area contributed by atoms with Gasteiger partial charge in [-0.1, -0.05) is 13.3 Å². The zero-order chi connectivity index (χ0) is 12.7. The summed E-state index contributed by atoms with van der Waals surface area (Å²) < 4.78 is 4.80. The van der Waals surface area contributed by atoms with Gasteiger partial charge in [0.05, 0.1) is 6.61 Å². The fraction of sp³-hybridized carbons (Fsp3) is 0.545. The molecular formula is C11H16N2O3S. The molecule has 0 aliphatic carbocycles. The monoisotopic (exact) mass is 256 g/mol. The van der Waals surface area contributed by atoms with Crippen LogP contribution in [0.25, 0.3) is 0 Å². The molecule has 1 aromatic rings. The molecule has 17 heavy (non-hydrogen) atoms. The molecule has 94 valence electrons. The van der Waals surface area contributed by atoms with Crippen molar-refractivity contribution in [1.82, 2.24) is 4.98 Å². The molecule has 0 saturated heterocycles. The Hall–Kier alpha value is -1.43. The highest BCUT2D eigenvalue weighted by Gasteiger charge is 2.12. The molecule has 0 aliphatic rings. The molecule has 0 saturated carbocycles. The van der Waals surface area contributed by atoms with Gasteiger partial charge in [-0.3, -0.25) is 4.79 Å². The number of carbonyl (C=O) groups excluding carboxylic acids is 2. The molecule has 0 fully saturated rings. The van der Waals surface area contributed by atoms with E-state index in [1.54, 1.807) is 12.3 Å². The molecule has 0 bridgehead atoms. The predicted molar refractivity (Wildman–Crippen MR) is 66.2 cm³/mol. The SMILES string of the molecule is CCCCC(=O)Nc1nc(C(=O)OCC)cs1. The lowest BCUT2D eigenvalue weighted by Gasteiger charge is -1.99. The first-order valence-corrected chi connectivity index (χ1v) is 6.47. The summed E-state index contributed by atoms with van der Waals surface area (Å²) in [6.45, 7) is 4.07. The molecule has 1 aromatic heterocycles. The van der Waals surface area contributed by atoms with Crippen molar-refractivity contribution in [2.45, 2.75) is 33.1 Å². The van der Waals surface area contributed by atoms with E-state index in [0.717, 1.165) is 12.8 Å².